The van der Waals surface area contributed by atoms with Gasteiger partial charge in [-0.05, 0) is 43.2 Å². The minimum absolute atomic E-state index is 0.0305. The van der Waals surface area contributed by atoms with Crippen molar-refractivity contribution >= 4 is 17.5 Å². The number of alkyl halides is 3. The number of anilines is 1. The van der Waals surface area contributed by atoms with E-state index in [4.69, 9.17) is 4.74 Å². The molecule has 152 valence electrons. The summed E-state index contributed by atoms with van der Waals surface area (Å²) in [6.45, 7) is 0. The number of hydrogen-bond acceptors (Lipinski definition) is 4. The lowest BCUT2D eigenvalue weighted by molar-refractivity contribution is -0.137. The van der Waals surface area contributed by atoms with Crippen LogP contribution in [0.1, 0.15) is 39.1 Å². The summed E-state index contributed by atoms with van der Waals surface area (Å²) >= 11 is 0. The topological polar surface area (TPSA) is 80.3 Å². The predicted molar refractivity (Wildman–Crippen MR) is 99.8 cm³/mol. The second-order valence-electron chi connectivity index (χ2n) is 6.40. The number of methoxy groups -OCH3 is 1. The lowest BCUT2D eigenvalue weighted by atomic mass is 10.1. The van der Waals surface area contributed by atoms with Crippen LogP contribution in [0.2, 0.25) is 0 Å². The number of carbonyl (C=O) groups is 2. The van der Waals surface area contributed by atoms with Gasteiger partial charge in [0.2, 0.25) is 5.88 Å². The van der Waals surface area contributed by atoms with Crippen molar-refractivity contribution in [3.8, 4) is 5.88 Å². The van der Waals surface area contributed by atoms with E-state index >= 15 is 0 Å². The molecule has 1 aromatic carbocycles. The fourth-order valence-corrected chi connectivity index (χ4v) is 2.92. The van der Waals surface area contributed by atoms with Crippen LogP contribution in [-0.2, 0) is 6.18 Å². The van der Waals surface area contributed by atoms with Gasteiger partial charge in [0.15, 0.2) is 0 Å². The van der Waals surface area contributed by atoms with Gasteiger partial charge >= 0.3 is 6.18 Å². The van der Waals surface area contributed by atoms with Gasteiger partial charge in [-0.25, -0.2) is 4.98 Å². The Morgan fingerprint density at radius 1 is 1.21 bits per heavy atom. The van der Waals surface area contributed by atoms with Crippen molar-refractivity contribution < 1.29 is 27.5 Å². The minimum Gasteiger partial charge on any atom is -0.480 e. The molecule has 0 bridgehead atoms. The zero-order valence-electron chi connectivity index (χ0n) is 15.4. The van der Waals surface area contributed by atoms with E-state index in [2.05, 4.69) is 15.6 Å². The number of aromatic nitrogens is 1. The average molecular weight is 405 g/mol. The molecule has 9 heteroatoms. The molecule has 2 aromatic rings. The molecule has 6 nitrogen and oxygen atoms in total. The summed E-state index contributed by atoms with van der Waals surface area (Å²) in [5.41, 5.74) is -1.36. The number of pyridine rings is 1. The van der Waals surface area contributed by atoms with Crippen LogP contribution in [0.15, 0.2) is 48.7 Å². The Morgan fingerprint density at radius 3 is 2.66 bits per heavy atom. The second-order valence-corrected chi connectivity index (χ2v) is 6.40. The normalized spacial score (nSPS) is 15.8. The molecular weight excluding hydrogens is 387 g/mol. The molecule has 0 aliphatic heterocycles. The largest absolute Gasteiger partial charge is 0.480 e. The molecule has 1 aliphatic carbocycles. The van der Waals surface area contributed by atoms with Gasteiger partial charge in [-0.1, -0.05) is 12.2 Å². The number of halogens is 3. The second kappa shape index (κ2) is 8.34. The summed E-state index contributed by atoms with van der Waals surface area (Å²) in [6.07, 6.45) is 1.90. The number of nitrogens with one attached hydrogen (secondary N) is 2. The van der Waals surface area contributed by atoms with E-state index in [0.29, 0.717) is 6.42 Å². The molecule has 3 rings (SSSR count). The van der Waals surface area contributed by atoms with E-state index < -0.39 is 23.6 Å². The molecule has 29 heavy (non-hydrogen) atoms. The van der Waals surface area contributed by atoms with Crippen LogP contribution in [0.5, 0.6) is 5.88 Å². The van der Waals surface area contributed by atoms with Gasteiger partial charge in [0.1, 0.15) is 5.56 Å². The summed E-state index contributed by atoms with van der Waals surface area (Å²) in [4.78, 5) is 28.8. The third kappa shape index (κ3) is 4.92. The Hall–Kier alpha value is -3.36. The monoisotopic (exact) mass is 405 g/mol. The zero-order chi connectivity index (χ0) is 21.0. The molecule has 0 spiro atoms. The number of benzene rings is 1. The minimum atomic E-state index is -4.69. The molecular formula is C20H18F3N3O3. The van der Waals surface area contributed by atoms with Gasteiger partial charge in [0, 0.05) is 23.5 Å². The highest BCUT2D eigenvalue weighted by atomic mass is 19.4. The third-order valence-electron chi connectivity index (χ3n) is 4.32. The fourth-order valence-electron chi connectivity index (χ4n) is 2.92. The molecule has 0 radical (unpaired) electrons. The van der Waals surface area contributed by atoms with E-state index in [1.165, 1.54) is 31.5 Å². The van der Waals surface area contributed by atoms with E-state index in [0.717, 1.165) is 18.6 Å². The van der Waals surface area contributed by atoms with Crippen molar-refractivity contribution in [2.75, 3.05) is 12.4 Å². The summed E-state index contributed by atoms with van der Waals surface area (Å²) < 4.78 is 44.9. The maximum absolute atomic E-state index is 13.3. The number of nitrogens with zero attached hydrogens (tertiary/aromatic N) is 1. The molecule has 1 unspecified atom stereocenters. The van der Waals surface area contributed by atoms with Crippen molar-refractivity contribution in [1.29, 1.82) is 0 Å². The highest BCUT2D eigenvalue weighted by molar-refractivity contribution is 6.06. The number of allylic oxidation sites excluding steroid dienone is 1. The highest BCUT2D eigenvalue weighted by Gasteiger charge is 2.32. The molecule has 0 saturated carbocycles. The zero-order valence-corrected chi connectivity index (χ0v) is 15.4. The first kappa shape index (κ1) is 20.4. The van der Waals surface area contributed by atoms with Gasteiger partial charge in [0.25, 0.3) is 11.8 Å². The summed E-state index contributed by atoms with van der Waals surface area (Å²) in [5.74, 6) is -1.33. The van der Waals surface area contributed by atoms with Crippen molar-refractivity contribution in [2.45, 2.75) is 25.1 Å². The Morgan fingerprint density at radius 2 is 2.00 bits per heavy atom. The van der Waals surface area contributed by atoms with Crippen molar-refractivity contribution in [2.24, 2.45) is 0 Å². The molecule has 1 aromatic heterocycles. The first-order valence-corrected chi connectivity index (χ1v) is 8.78. The van der Waals surface area contributed by atoms with Gasteiger partial charge in [0.05, 0.1) is 12.7 Å². The Kier molecular flexibility index (Phi) is 5.86. The average Bonchev–Trinajstić information content (AvgIpc) is 3.20. The summed E-state index contributed by atoms with van der Waals surface area (Å²) in [5, 5.41) is 5.05. The number of hydrogen-bond donors (Lipinski definition) is 2. The molecule has 1 atom stereocenters. The van der Waals surface area contributed by atoms with Crippen molar-refractivity contribution in [1.82, 2.24) is 10.3 Å². The van der Waals surface area contributed by atoms with Crippen LogP contribution in [0.25, 0.3) is 0 Å². The SMILES string of the molecule is COc1ncccc1C(=O)Nc1cc(C(=O)NC2C=CCC2)cc(C(F)(F)F)c1. The Labute approximate surface area is 164 Å². The van der Waals surface area contributed by atoms with Crippen molar-refractivity contribution in [3.05, 3.63) is 65.4 Å². The molecule has 1 aliphatic rings. The predicted octanol–water partition coefficient (Wildman–Crippen LogP) is 3.81. The standard InChI is InChI=1S/C20H18F3N3O3/c1-29-19-16(7-4-8-24-19)18(28)26-15-10-12(9-13(11-15)20(21,22)23)17(27)25-14-5-2-3-6-14/h2,4-5,7-11,14H,3,6H2,1H3,(H,25,27)(H,26,28). The van der Waals surface area contributed by atoms with Gasteiger partial charge in [-0.2, -0.15) is 13.2 Å². The fraction of sp³-hybridized carbons (Fsp3) is 0.250. The van der Waals surface area contributed by atoms with Crippen LogP contribution >= 0.6 is 0 Å². The molecule has 0 fully saturated rings. The summed E-state index contributed by atoms with van der Waals surface area (Å²) in [7, 11) is 1.32. The lowest BCUT2D eigenvalue weighted by Crippen LogP contribution is -2.32. The number of ether oxygens (including phenoxy) is 1. The maximum Gasteiger partial charge on any atom is 0.416 e. The number of carbonyl (C=O) groups excluding carboxylic acids is 2. The van der Waals surface area contributed by atoms with Gasteiger partial charge < -0.3 is 15.4 Å². The van der Waals surface area contributed by atoms with Crippen molar-refractivity contribution in [3.63, 3.8) is 0 Å². The number of amides is 2. The molecule has 2 amide bonds. The smallest absolute Gasteiger partial charge is 0.416 e. The van der Waals surface area contributed by atoms with Gasteiger partial charge in [-0.3, -0.25) is 9.59 Å². The quantitative estimate of drug-likeness (QED) is 0.742. The maximum atomic E-state index is 13.3. The van der Waals surface area contributed by atoms with Crippen LogP contribution in [0, 0.1) is 0 Å². The Bertz CT molecular complexity index is 957. The molecule has 1 heterocycles. The van der Waals surface area contributed by atoms with Crippen LogP contribution in [0.4, 0.5) is 18.9 Å². The van der Waals surface area contributed by atoms with E-state index in [-0.39, 0.29) is 28.7 Å². The Balaban J connectivity index is 1.90. The number of rotatable bonds is 5. The summed E-state index contributed by atoms with van der Waals surface area (Å²) in [6, 6.07) is 5.42. The van der Waals surface area contributed by atoms with Crippen LogP contribution in [-0.4, -0.2) is 29.9 Å². The molecule has 0 saturated heterocycles. The highest BCUT2D eigenvalue weighted by Crippen LogP contribution is 2.32. The first-order chi connectivity index (χ1) is 13.8. The van der Waals surface area contributed by atoms with Crippen LogP contribution in [0.3, 0.4) is 0 Å². The van der Waals surface area contributed by atoms with Crippen LogP contribution < -0.4 is 15.4 Å². The van der Waals surface area contributed by atoms with Gasteiger partial charge in [-0.15, -0.1) is 0 Å². The third-order valence-corrected chi connectivity index (χ3v) is 4.32. The lowest BCUT2D eigenvalue weighted by Gasteiger charge is -2.15. The first-order valence-electron chi connectivity index (χ1n) is 8.78. The van der Waals surface area contributed by atoms with E-state index in [9.17, 15) is 22.8 Å². The van der Waals surface area contributed by atoms with E-state index in [1.807, 2.05) is 6.08 Å². The van der Waals surface area contributed by atoms with E-state index in [1.54, 1.807) is 6.08 Å². The molecule has 2 N–H and O–H groups in total.